The number of aromatic nitrogens is 2. The molecule has 3 N–H and O–H groups in total. The van der Waals surface area contributed by atoms with Gasteiger partial charge in [-0.2, -0.15) is 0 Å². The molecular weight excluding hydrogens is 320 g/mol. The standard InChI is InChI=1S/C18H24N4O3/c1-2-9-21-10-7-13(8-11-21)19-16(23)12-22-18(25)15-6-4-3-5-14(15)17(24)20-22/h3-6,13H,2,7-12H2,1H3,(H,19,23)(H,20,24)/p+1. The summed E-state index contributed by atoms with van der Waals surface area (Å²) in [6.07, 6.45) is 3.07. The van der Waals surface area contributed by atoms with Crippen molar-refractivity contribution in [2.75, 3.05) is 19.6 Å². The van der Waals surface area contributed by atoms with Crippen molar-refractivity contribution >= 4 is 16.7 Å². The normalized spacial score (nSPS) is 20.5. The van der Waals surface area contributed by atoms with Gasteiger partial charge in [0, 0.05) is 18.9 Å². The third kappa shape index (κ3) is 3.99. The van der Waals surface area contributed by atoms with Gasteiger partial charge in [0.2, 0.25) is 5.91 Å². The molecule has 7 heteroatoms. The van der Waals surface area contributed by atoms with Gasteiger partial charge in [-0.3, -0.25) is 19.5 Å². The molecule has 3 rings (SSSR count). The summed E-state index contributed by atoms with van der Waals surface area (Å²) in [7, 11) is 0. The number of hydrogen-bond donors (Lipinski definition) is 3. The SMILES string of the molecule is CCC[NH+]1CCC(NC(=O)Cn2[nH]c(=O)c3ccccc3c2=O)CC1. The largest absolute Gasteiger partial charge is 0.351 e. The maximum absolute atomic E-state index is 12.4. The number of piperidine rings is 1. The molecule has 1 aliphatic rings. The first-order valence-electron chi connectivity index (χ1n) is 8.93. The molecule has 2 aromatic rings. The van der Waals surface area contributed by atoms with Crippen molar-refractivity contribution in [1.29, 1.82) is 0 Å². The molecule has 0 saturated carbocycles. The Kier molecular flexibility index (Phi) is 5.33. The highest BCUT2D eigenvalue weighted by molar-refractivity contribution is 5.81. The van der Waals surface area contributed by atoms with E-state index in [4.69, 9.17) is 0 Å². The third-order valence-corrected chi connectivity index (χ3v) is 4.85. The fourth-order valence-corrected chi connectivity index (χ4v) is 3.55. The van der Waals surface area contributed by atoms with Crippen molar-refractivity contribution in [3.8, 4) is 0 Å². The molecular formula is C18H25N4O3+. The van der Waals surface area contributed by atoms with E-state index in [-0.39, 0.29) is 29.6 Å². The highest BCUT2D eigenvalue weighted by Gasteiger charge is 2.23. The van der Waals surface area contributed by atoms with Crippen LogP contribution in [0.3, 0.4) is 0 Å². The van der Waals surface area contributed by atoms with E-state index in [1.54, 1.807) is 29.2 Å². The number of nitrogens with one attached hydrogen (secondary N) is 3. The molecule has 134 valence electrons. The Bertz CT molecular complexity index is 862. The second-order valence-corrected chi connectivity index (χ2v) is 6.72. The van der Waals surface area contributed by atoms with Crippen molar-refractivity contribution in [1.82, 2.24) is 15.1 Å². The van der Waals surface area contributed by atoms with Gasteiger partial charge in [-0.05, 0) is 18.6 Å². The van der Waals surface area contributed by atoms with Crippen LogP contribution in [0.1, 0.15) is 26.2 Å². The van der Waals surface area contributed by atoms with Crippen LogP contribution in [0.4, 0.5) is 0 Å². The maximum atomic E-state index is 12.4. The van der Waals surface area contributed by atoms with Crippen molar-refractivity contribution < 1.29 is 9.69 Å². The van der Waals surface area contributed by atoms with Crippen LogP contribution in [0.15, 0.2) is 33.9 Å². The number of aromatic amines is 1. The minimum Gasteiger partial charge on any atom is -0.351 e. The summed E-state index contributed by atoms with van der Waals surface area (Å²) >= 11 is 0. The zero-order valence-electron chi connectivity index (χ0n) is 14.5. The van der Waals surface area contributed by atoms with Gasteiger partial charge in [-0.1, -0.05) is 19.1 Å². The number of quaternary nitrogens is 1. The minimum atomic E-state index is -0.362. The molecule has 1 fully saturated rings. The molecule has 0 atom stereocenters. The topological polar surface area (TPSA) is 88.4 Å². The molecule has 2 heterocycles. The van der Waals surface area contributed by atoms with E-state index in [1.165, 1.54) is 13.0 Å². The lowest BCUT2D eigenvalue weighted by Gasteiger charge is -2.29. The van der Waals surface area contributed by atoms with Crippen LogP contribution in [-0.2, 0) is 11.3 Å². The van der Waals surface area contributed by atoms with Crippen LogP contribution in [0.2, 0.25) is 0 Å². The summed E-state index contributed by atoms with van der Waals surface area (Å²) in [5, 5.41) is 6.16. The molecule has 0 spiro atoms. The second kappa shape index (κ2) is 7.65. The maximum Gasteiger partial charge on any atom is 0.273 e. The molecule has 0 radical (unpaired) electrons. The number of carbonyl (C=O) groups is 1. The van der Waals surface area contributed by atoms with Gasteiger partial charge in [-0.25, -0.2) is 4.68 Å². The first kappa shape index (κ1) is 17.4. The molecule has 0 bridgehead atoms. The average molecular weight is 345 g/mol. The molecule has 1 aliphatic heterocycles. The Balaban J connectivity index is 1.66. The number of hydrogen-bond acceptors (Lipinski definition) is 3. The highest BCUT2D eigenvalue weighted by atomic mass is 16.2. The molecule has 25 heavy (non-hydrogen) atoms. The number of nitrogens with zero attached hydrogens (tertiary/aromatic N) is 1. The van der Waals surface area contributed by atoms with E-state index >= 15 is 0 Å². The highest BCUT2D eigenvalue weighted by Crippen LogP contribution is 2.03. The lowest BCUT2D eigenvalue weighted by Crippen LogP contribution is -3.13. The summed E-state index contributed by atoms with van der Waals surface area (Å²) < 4.78 is 1.09. The Morgan fingerprint density at radius 3 is 2.60 bits per heavy atom. The van der Waals surface area contributed by atoms with Crippen molar-refractivity contribution in [3.05, 3.63) is 45.0 Å². The van der Waals surface area contributed by atoms with Gasteiger partial charge < -0.3 is 10.2 Å². The van der Waals surface area contributed by atoms with Gasteiger partial charge in [-0.15, -0.1) is 0 Å². The van der Waals surface area contributed by atoms with Gasteiger partial charge >= 0.3 is 0 Å². The van der Waals surface area contributed by atoms with Gasteiger partial charge in [0.1, 0.15) is 6.54 Å². The predicted octanol–water partition coefficient (Wildman–Crippen LogP) is -0.737. The number of rotatable bonds is 5. The molecule has 1 saturated heterocycles. The number of fused-ring (bicyclic) bond motifs is 1. The first-order chi connectivity index (χ1) is 12.1. The second-order valence-electron chi connectivity index (χ2n) is 6.72. The monoisotopic (exact) mass is 345 g/mol. The van der Waals surface area contributed by atoms with E-state index in [1.807, 2.05) is 0 Å². The van der Waals surface area contributed by atoms with E-state index in [0.29, 0.717) is 10.8 Å². The van der Waals surface area contributed by atoms with Crippen LogP contribution in [0.5, 0.6) is 0 Å². The van der Waals surface area contributed by atoms with Gasteiger partial charge in [0.25, 0.3) is 11.1 Å². The van der Waals surface area contributed by atoms with Crippen LogP contribution in [0, 0.1) is 0 Å². The lowest BCUT2D eigenvalue weighted by atomic mass is 10.0. The zero-order valence-corrected chi connectivity index (χ0v) is 14.5. The number of amides is 1. The number of benzene rings is 1. The van der Waals surface area contributed by atoms with Crippen molar-refractivity contribution in [2.45, 2.75) is 38.8 Å². The minimum absolute atomic E-state index is 0.149. The Morgan fingerprint density at radius 2 is 1.92 bits per heavy atom. The van der Waals surface area contributed by atoms with Crippen LogP contribution in [0.25, 0.3) is 10.8 Å². The average Bonchev–Trinajstić information content (AvgIpc) is 2.61. The summed E-state index contributed by atoms with van der Waals surface area (Å²) in [4.78, 5) is 38.4. The molecule has 1 aromatic heterocycles. The molecule has 7 nitrogen and oxygen atoms in total. The number of carbonyl (C=O) groups excluding carboxylic acids is 1. The van der Waals surface area contributed by atoms with Crippen molar-refractivity contribution in [3.63, 3.8) is 0 Å². The first-order valence-corrected chi connectivity index (χ1v) is 8.93. The molecule has 1 aromatic carbocycles. The molecule has 1 amide bonds. The fraction of sp³-hybridized carbons (Fsp3) is 0.500. The number of likely N-dealkylation sites (tertiary alicyclic amines) is 1. The smallest absolute Gasteiger partial charge is 0.273 e. The summed E-state index contributed by atoms with van der Waals surface area (Å²) in [6, 6.07) is 6.77. The molecule has 0 aliphatic carbocycles. The third-order valence-electron chi connectivity index (χ3n) is 4.85. The summed E-state index contributed by atoms with van der Waals surface area (Å²) in [5.74, 6) is -0.239. The van der Waals surface area contributed by atoms with Gasteiger partial charge in [0.15, 0.2) is 0 Å². The summed E-state index contributed by atoms with van der Waals surface area (Å²) in [5.41, 5.74) is -0.716. The van der Waals surface area contributed by atoms with E-state index in [9.17, 15) is 14.4 Å². The van der Waals surface area contributed by atoms with E-state index in [2.05, 4.69) is 17.3 Å². The number of H-pyrrole nitrogens is 1. The summed E-state index contributed by atoms with van der Waals surface area (Å²) in [6.45, 7) is 5.31. The van der Waals surface area contributed by atoms with E-state index in [0.717, 1.165) is 30.6 Å². The lowest BCUT2D eigenvalue weighted by molar-refractivity contribution is -0.905. The Hall–Kier alpha value is -2.41. The van der Waals surface area contributed by atoms with Crippen molar-refractivity contribution in [2.24, 2.45) is 0 Å². The van der Waals surface area contributed by atoms with Crippen LogP contribution in [-0.4, -0.2) is 41.4 Å². The van der Waals surface area contributed by atoms with E-state index < -0.39 is 0 Å². The molecule has 0 unspecified atom stereocenters. The van der Waals surface area contributed by atoms with Crippen LogP contribution < -0.4 is 21.3 Å². The van der Waals surface area contributed by atoms with Gasteiger partial charge in [0.05, 0.1) is 30.4 Å². The fourth-order valence-electron chi connectivity index (χ4n) is 3.55. The Labute approximate surface area is 145 Å². The van der Waals surface area contributed by atoms with Crippen LogP contribution >= 0.6 is 0 Å². The zero-order chi connectivity index (χ0) is 17.8. The predicted molar refractivity (Wildman–Crippen MR) is 95.8 cm³/mol. The Morgan fingerprint density at radius 1 is 1.24 bits per heavy atom. The quantitative estimate of drug-likeness (QED) is 0.667.